The smallest absolute Gasteiger partial charge is 0.146 e. The molecule has 1 fully saturated rings. The largest absolute Gasteiger partial charge is 0.393 e. The Morgan fingerprint density at radius 1 is 1.41 bits per heavy atom. The lowest BCUT2D eigenvalue weighted by Gasteiger charge is -2.33. The van der Waals surface area contributed by atoms with Crippen molar-refractivity contribution >= 4 is 5.69 Å². The Labute approximate surface area is 101 Å². The summed E-state index contributed by atoms with van der Waals surface area (Å²) in [4.78, 5) is 2.04. The molecule has 0 unspecified atom stereocenters. The average molecular weight is 238 g/mol. The molecule has 0 atom stereocenters. The number of nitrogens with one attached hydrogen (secondary N) is 1. The maximum atomic E-state index is 13.9. The number of hydrogen-bond donors (Lipinski definition) is 2. The average Bonchev–Trinajstić information content (AvgIpc) is 2.32. The van der Waals surface area contributed by atoms with Crippen molar-refractivity contribution in [1.29, 1.82) is 0 Å². The van der Waals surface area contributed by atoms with Crippen LogP contribution in [-0.4, -0.2) is 31.3 Å². The van der Waals surface area contributed by atoms with Gasteiger partial charge in [0.15, 0.2) is 0 Å². The summed E-state index contributed by atoms with van der Waals surface area (Å²) >= 11 is 0. The molecule has 2 N–H and O–H groups in total. The second kappa shape index (κ2) is 5.47. The molecule has 1 saturated heterocycles. The Morgan fingerprint density at radius 2 is 2.12 bits per heavy atom. The molecule has 0 amide bonds. The van der Waals surface area contributed by atoms with Crippen LogP contribution in [0.25, 0.3) is 0 Å². The molecule has 0 radical (unpaired) electrons. The van der Waals surface area contributed by atoms with Crippen LogP contribution in [-0.2, 0) is 6.54 Å². The molecule has 0 saturated carbocycles. The maximum Gasteiger partial charge on any atom is 0.146 e. The van der Waals surface area contributed by atoms with E-state index < -0.39 is 0 Å². The molecule has 94 valence electrons. The van der Waals surface area contributed by atoms with Crippen LogP contribution < -0.4 is 10.2 Å². The van der Waals surface area contributed by atoms with Gasteiger partial charge in [-0.25, -0.2) is 4.39 Å². The first-order valence-electron chi connectivity index (χ1n) is 6.07. The summed E-state index contributed by atoms with van der Waals surface area (Å²) in [5, 5.41) is 12.5. The van der Waals surface area contributed by atoms with Crippen molar-refractivity contribution < 1.29 is 9.50 Å². The van der Waals surface area contributed by atoms with Gasteiger partial charge in [-0.1, -0.05) is 12.1 Å². The number of halogens is 1. The molecular formula is C13H19FN2O. The van der Waals surface area contributed by atoms with Gasteiger partial charge in [0.05, 0.1) is 11.8 Å². The lowest BCUT2D eigenvalue weighted by Crippen LogP contribution is -2.37. The fourth-order valence-electron chi connectivity index (χ4n) is 2.34. The predicted octanol–water partition coefficient (Wildman–Crippen LogP) is 1.51. The maximum absolute atomic E-state index is 13.9. The number of piperidine rings is 1. The lowest BCUT2D eigenvalue weighted by atomic mass is 10.0. The highest BCUT2D eigenvalue weighted by Crippen LogP contribution is 2.27. The summed E-state index contributed by atoms with van der Waals surface area (Å²) in [5.41, 5.74) is 1.66. The number of anilines is 1. The number of aliphatic hydroxyl groups excluding tert-OH is 1. The topological polar surface area (TPSA) is 35.5 Å². The third kappa shape index (κ3) is 2.76. The zero-order chi connectivity index (χ0) is 12.3. The van der Waals surface area contributed by atoms with E-state index in [0.29, 0.717) is 25.1 Å². The van der Waals surface area contributed by atoms with Gasteiger partial charge in [-0.3, -0.25) is 0 Å². The van der Waals surface area contributed by atoms with Crippen LogP contribution in [0.1, 0.15) is 18.4 Å². The third-order valence-electron chi connectivity index (χ3n) is 3.22. The first-order valence-corrected chi connectivity index (χ1v) is 6.07. The van der Waals surface area contributed by atoms with Crippen molar-refractivity contribution in [2.24, 2.45) is 0 Å². The summed E-state index contributed by atoms with van der Waals surface area (Å²) in [7, 11) is 1.86. The monoisotopic (exact) mass is 238 g/mol. The van der Waals surface area contributed by atoms with Crippen LogP contribution in [0, 0.1) is 5.82 Å². The van der Waals surface area contributed by atoms with Crippen LogP contribution in [0.5, 0.6) is 0 Å². The zero-order valence-corrected chi connectivity index (χ0v) is 10.1. The number of benzene rings is 1. The fraction of sp³-hybridized carbons (Fsp3) is 0.538. The van der Waals surface area contributed by atoms with Gasteiger partial charge in [0.25, 0.3) is 0 Å². The van der Waals surface area contributed by atoms with Gasteiger partial charge in [-0.05, 0) is 31.5 Å². The van der Waals surface area contributed by atoms with E-state index in [1.807, 2.05) is 18.0 Å². The Kier molecular flexibility index (Phi) is 3.97. The highest BCUT2D eigenvalue weighted by Gasteiger charge is 2.21. The van der Waals surface area contributed by atoms with Crippen molar-refractivity contribution in [3.63, 3.8) is 0 Å². The van der Waals surface area contributed by atoms with Crippen molar-refractivity contribution in [3.8, 4) is 0 Å². The van der Waals surface area contributed by atoms with Gasteiger partial charge in [0.1, 0.15) is 5.82 Å². The van der Waals surface area contributed by atoms with Crippen LogP contribution in [0.15, 0.2) is 18.2 Å². The van der Waals surface area contributed by atoms with Crippen molar-refractivity contribution in [2.45, 2.75) is 25.5 Å². The minimum atomic E-state index is -0.231. The lowest BCUT2D eigenvalue weighted by molar-refractivity contribution is 0.145. The molecular weight excluding hydrogens is 219 g/mol. The number of nitrogens with zero attached hydrogens (tertiary/aromatic N) is 1. The van der Waals surface area contributed by atoms with Gasteiger partial charge >= 0.3 is 0 Å². The van der Waals surface area contributed by atoms with Crippen LogP contribution in [0.3, 0.4) is 0 Å². The molecule has 0 aromatic heterocycles. The van der Waals surface area contributed by atoms with Crippen LogP contribution in [0.4, 0.5) is 10.1 Å². The SMILES string of the molecule is CNCc1cccc(F)c1N1CCC(O)CC1. The van der Waals surface area contributed by atoms with Gasteiger partial charge in [0.2, 0.25) is 0 Å². The van der Waals surface area contributed by atoms with E-state index in [0.717, 1.165) is 18.7 Å². The van der Waals surface area contributed by atoms with Crippen molar-refractivity contribution in [2.75, 3.05) is 25.0 Å². The Hall–Kier alpha value is -1.13. The van der Waals surface area contributed by atoms with E-state index in [2.05, 4.69) is 5.32 Å². The molecule has 1 aromatic carbocycles. The fourth-order valence-corrected chi connectivity index (χ4v) is 2.34. The van der Waals surface area contributed by atoms with Gasteiger partial charge in [0, 0.05) is 19.6 Å². The molecule has 1 aliphatic rings. The Balaban J connectivity index is 2.23. The molecule has 0 aliphatic carbocycles. The quantitative estimate of drug-likeness (QED) is 0.838. The summed E-state index contributed by atoms with van der Waals surface area (Å²) in [6.45, 7) is 2.10. The minimum absolute atomic E-state index is 0.172. The third-order valence-corrected chi connectivity index (χ3v) is 3.22. The van der Waals surface area contributed by atoms with E-state index in [1.54, 1.807) is 6.07 Å². The molecule has 17 heavy (non-hydrogen) atoms. The minimum Gasteiger partial charge on any atom is -0.393 e. The van der Waals surface area contributed by atoms with E-state index in [4.69, 9.17) is 0 Å². The number of aliphatic hydroxyl groups is 1. The predicted molar refractivity (Wildman–Crippen MR) is 66.6 cm³/mol. The Bertz CT molecular complexity index is 376. The summed E-state index contributed by atoms with van der Waals surface area (Å²) in [6, 6.07) is 5.18. The second-order valence-electron chi connectivity index (χ2n) is 4.50. The summed E-state index contributed by atoms with van der Waals surface area (Å²) in [6.07, 6.45) is 1.20. The first-order chi connectivity index (χ1) is 8.22. The Morgan fingerprint density at radius 3 is 2.76 bits per heavy atom. The molecule has 0 bridgehead atoms. The first kappa shape index (κ1) is 12.3. The van der Waals surface area contributed by atoms with E-state index >= 15 is 0 Å². The van der Waals surface area contributed by atoms with E-state index in [1.165, 1.54) is 6.07 Å². The van der Waals surface area contributed by atoms with Gasteiger partial charge < -0.3 is 15.3 Å². The summed E-state index contributed by atoms with van der Waals surface area (Å²) in [5.74, 6) is -0.172. The normalized spacial score (nSPS) is 17.5. The van der Waals surface area contributed by atoms with E-state index in [-0.39, 0.29) is 11.9 Å². The van der Waals surface area contributed by atoms with Crippen molar-refractivity contribution in [3.05, 3.63) is 29.6 Å². The molecule has 0 spiro atoms. The molecule has 1 heterocycles. The van der Waals surface area contributed by atoms with Gasteiger partial charge in [-0.2, -0.15) is 0 Å². The van der Waals surface area contributed by atoms with Crippen molar-refractivity contribution in [1.82, 2.24) is 5.32 Å². The number of para-hydroxylation sites is 1. The van der Waals surface area contributed by atoms with Crippen LogP contribution >= 0.6 is 0 Å². The second-order valence-corrected chi connectivity index (χ2v) is 4.50. The summed E-state index contributed by atoms with van der Waals surface area (Å²) < 4.78 is 13.9. The standard InChI is InChI=1S/C13H19FN2O/c1-15-9-10-3-2-4-12(14)13(10)16-7-5-11(17)6-8-16/h2-4,11,15,17H,5-9H2,1H3. The number of hydrogen-bond acceptors (Lipinski definition) is 3. The highest BCUT2D eigenvalue weighted by molar-refractivity contribution is 5.55. The molecule has 3 nitrogen and oxygen atoms in total. The molecule has 1 aliphatic heterocycles. The molecule has 4 heteroatoms. The number of rotatable bonds is 3. The molecule has 1 aromatic rings. The van der Waals surface area contributed by atoms with Crippen LogP contribution in [0.2, 0.25) is 0 Å². The zero-order valence-electron chi connectivity index (χ0n) is 10.1. The van der Waals surface area contributed by atoms with Gasteiger partial charge in [-0.15, -0.1) is 0 Å². The molecule has 2 rings (SSSR count). The highest BCUT2D eigenvalue weighted by atomic mass is 19.1. The van der Waals surface area contributed by atoms with E-state index in [9.17, 15) is 9.50 Å².